The van der Waals surface area contributed by atoms with Gasteiger partial charge in [-0.05, 0) is 42.0 Å². The second kappa shape index (κ2) is 11.4. The van der Waals surface area contributed by atoms with Gasteiger partial charge in [0.2, 0.25) is 11.8 Å². The predicted octanol–water partition coefficient (Wildman–Crippen LogP) is 5.67. The summed E-state index contributed by atoms with van der Waals surface area (Å²) in [5.41, 5.74) is 3.42. The summed E-state index contributed by atoms with van der Waals surface area (Å²) >= 11 is 6.28. The Balaban J connectivity index is 1.60. The van der Waals surface area contributed by atoms with E-state index < -0.39 is 0 Å². The first-order chi connectivity index (χ1) is 15.7. The molecule has 0 saturated carbocycles. The third-order valence-corrected chi connectivity index (χ3v) is 6.31. The molecule has 0 aromatic heterocycles. The van der Waals surface area contributed by atoms with Crippen molar-refractivity contribution in [1.82, 2.24) is 9.80 Å². The molecule has 2 aromatic carbocycles. The van der Waals surface area contributed by atoms with Gasteiger partial charge in [-0.15, -0.1) is 0 Å². The second-order valence-electron chi connectivity index (χ2n) is 9.27. The van der Waals surface area contributed by atoms with Crippen molar-refractivity contribution in [1.29, 1.82) is 0 Å². The first kappa shape index (κ1) is 24.8. The minimum absolute atomic E-state index is 0.0639. The number of nitrogens with zero attached hydrogens (tertiary/aromatic N) is 2. The summed E-state index contributed by atoms with van der Waals surface area (Å²) in [6, 6.07) is 15.2. The van der Waals surface area contributed by atoms with E-state index in [9.17, 15) is 9.59 Å². The van der Waals surface area contributed by atoms with Gasteiger partial charge in [0.25, 0.3) is 0 Å². The van der Waals surface area contributed by atoms with Gasteiger partial charge >= 0.3 is 0 Å². The average molecular weight is 468 g/mol. The molecule has 0 unspecified atom stereocenters. The molecular formula is C27H34ClN3O2. The van der Waals surface area contributed by atoms with Crippen molar-refractivity contribution >= 4 is 34.8 Å². The van der Waals surface area contributed by atoms with E-state index >= 15 is 0 Å². The minimum atomic E-state index is -0.201. The van der Waals surface area contributed by atoms with Gasteiger partial charge in [-0.2, -0.15) is 0 Å². The van der Waals surface area contributed by atoms with E-state index in [2.05, 4.69) is 30.6 Å². The Labute approximate surface area is 202 Å². The summed E-state index contributed by atoms with van der Waals surface area (Å²) in [4.78, 5) is 29.1. The minimum Gasteiger partial charge on any atom is -0.371 e. The molecule has 1 N–H and O–H groups in total. The highest BCUT2D eigenvalue weighted by atomic mass is 35.5. The molecule has 0 radical (unpaired) electrons. The first-order valence-corrected chi connectivity index (χ1v) is 11.9. The van der Waals surface area contributed by atoms with Crippen molar-refractivity contribution in [3.8, 4) is 0 Å². The quantitative estimate of drug-likeness (QED) is 0.544. The fourth-order valence-corrected chi connectivity index (χ4v) is 4.66. The van der Waals surface area contributed by atoms with Crippen molar-refractivity contribution in [3.63, 3.8) is 0 Å². The molecule has 33 heavy (non-hydrogen) atoms. The van der Waals surface area contributed by atoms with Gasteiger partial charge in [0.1, 0.15) is 0 Å². The van der Waals surface area contributed by atoms with Crippen LogP contribution in [0.1, 0.15) is 44.2 Å². The molecule has 2 atom stereocenters. The standard InChI is InChI=1S/C27H34ClN3O2/c1-19-14-20(2)17-31(16-19)21(3)24-15-23(28)10-11-25(24)29-26(32)12-13-27(33)30(4)18-22-8-6-5-7-9-22/h5-11,15,19-20H,3,12-14,16-18H2,1-2,4H3,(H,29,32)/t19-,20+. The number of nitrogens with one attached hydrogen (secondary N) is 1. The van der Waals surface area contributed by atoms with Crippen LogP contribution >= 0.6 is 11.6 Å². The molecule has 1 aliphatic heterocycles. The highest BCUT2D eigenvalue weighted by Crippen LogP contribution is 2.33. The van der Waals surface area contributed by atoms with Crippen LogP contribution in [-0.4, -0.2) is 41.8 Å². The van der Waals surface area contributed by atoms with Crippen LogP contribution < -0.4 is 5.32 Å². The fraction of sp³-hybridized carbons (Fsp3) is 0.407. The molecule has 3 rings (SSSR count). The van der Waals surface area contributed by atoms with Crippen molar-refractivity contribution in [2.24, 2.45) is 11.8 Å². The molecule has 1 fully saturated rings. The zero-order valence-electron chi connectivity index (χ0n) is 19.8. The predicted molar refractivity (Wildman–Crippen MR) is 136 cm³/mol. The Morgan fingerprint density at radius 1 is 1.09 bits per heavy atom. The lowest BCUT2D eigenvalue weighted by Crippen LogP contribution is -2.37. The van der Waals surface area contributed by atoms with E-state index in [1.807, 2.05) is 36.4 Å². The Kier molecular flexibility index (Phi) is 8.56. The van der Waals surface area contributed by atoms with E-state index in [0.717, 1.165) is 29.9 Å². The number of hydrogen-bond acceptors (Lipinski definition) is 3. The molecule has 0 aliphatic carbocycles. The van der Waals surface area contributed by atoms with Crippen LogP contribution in [0, 0.1) is 11.8 Å². The molecule has 2 aromatic rings. The van der Waals surface area contributed by atoms with E-state index in [1.165, 1.54) is 6.42 Å². The SMILES string of the molecule is C=C(c1cc(Cl)ccc1NC(=O)CCC(=O)N(C)Cc1ccccc1)N1C[C@H](C)C[C@H](C)C1. The summed E-state index contributed by atoms with van der Waals surface area (Å²) in [5, 5.41) is 3.57. The van der Waals surface area contributed by atoms with E-state index in [0.29, 0.717) is 29.1 Å². The van der Waals surface area contributed by atoms with Gasteiger partial charge in [0, 0.05) is 55.8 Å². The van der Waals surface area contributed by atoms with Gasteiger partial charge in [-0.3, -0.25) is 9.59 Å². The monoisotopic (exact) mass is 467 g/mol. The highest BCUT2D eigenvalue weighted by Gasteiger charge is 2.24. The zero-order valence-corrected chi connectivity index (χ0v) is 20.6. The van der Waals surface area contributed by atoms with Gasteiger partial charge in [-0.1, -0.05) is 62.4 Å². The van der Waals surface area contributed by atoms with E-state index in [1.54, 1.807) is 24.1 Å². The molecular weight excluding hydrogens is 434 g/mol. The zero-order chi connectivity index (χ0) is 24.0. The third kappa shape index (κ3) is 7.10. The number of carbonyl (C=O) groups is 2. The van der Waals surface area contributed by atoms with Crippen LogP contribution in [0.15, 0.2) is 55.1 Å². The van der Waals surface area contributed by atoms with Crippen molar-refractivity contribution in [2.75, 3.05) is 25.5 Å². The number of rotatable bonds is 8. The van der Waals surface area contributed by atoms with E-state index in [-0.39, 0.29) is 24.7 Å². The number of carbonyl (C=O) groups excluding carboxylic acids is 2. The lowest BCUT2D eigenvalue weighted by Gasteiger charge is -2.38. The van der Waals surface area contributed by atoms with Gasteiger partial charge < -0.3 is 15.1 Å². The fourth-order valence-electron chi connectivity index (χ4n) is 4.49. The van der Waals surface area contributed by atoms with Crippen LogP contribution in [0.25, 0.3) is 5.70 Å². The Hall–Kier alpha value is -2.79. The number of piperidine rings is 1. The van der Waals surface area contributed by atoms with Crippen LogP contribution in [0.3, 0.4) is 0 Å². The molecule has 176 valence electrons. The number of likely N-dealkylation sites (tertiary alicyclic amines) is 1. The molecule has 1 heterocycles. The lowest BCUT2D eigenvalue weighted by molar-refractivity contribution is -0.132. The average Bonchev–Trinajstić information content (AvgIpc) is 2.78. The normalized spacial score (nSPS) is 18.0. The molecule has 1 aliphatic rings. The maximum absolute atomic E-state index is 12.7. The summed E-state index contributed by atoms with van der Waals surface area (Å²) in [7, 11) is 1.76. The van der Waals surface area contributed by atoms with Crippen molar-refractivity contribution < 1.29 is 9.59 Å². The van der Waals surface area contributed by atoms with Crippen LogP contribution in [0.2, 0.25) is 5.02 Å². The highest BCUT2D eigenvalue weighted by molar-refractivity contribution is 6.31. The second-order valence-corrected chi connectivity index (χ2v) is 9.71. The van der Waals surface area contributed by atoms with Gasteiger partial charge in [0.15, 0.2) is 0 Å². The van der Waals surface area contributed by atoms with E-state index in [4.69, 9.17) is 11.6 Å². The van der Waals surface area contributed by atoms with Crippen molar-refractivity contribution in [2.45, 2.75) is 39.7 Å². The molecule has 1 saturated heterocycles. The number of halogens is 1. The van der Waals surface area contributed by atoms with Crippen LogP contribution in [-0.2, 0) is 16.1 Å². The topological polar surface area (TPSA) is 52.7 Å². The van der Waals surface area contributed by atoms with Gasteiger partial charge in [0.05, 0.1) is 5.69 Å². The molecule has 6 heteroatoms. The summed E-state index contributed by atoms with van der Waals surface area (Å²) in [6.07, 6.45) is 1.47. The molecule has 0 bridgehead atoms. The Morgan fingerprint density at radius 2 is 1.76 bits per heavy atom. The van der Waals surface area contributed by atoms with Gasteiger partial charge in [-0.25, -0.2) is 0 Å². The third-order valence-electron chi connectivity index (χ3n) is 6.07. The lowest BCUT2D eigenvalue weighted by atomic mass is 9.91. The van der Waals surface area contributed by atoms with Crippen LogP contribution in [0.4, 0.5) is 5.69 Å². The van der Waals surface area contributed by atoms with Crippen molar-refractivity contribution in [3.05, 3.63) is 71.3 Å². The Morgan fingerprint density at radius 3 is 2.42 bits per heavy atom. The largest absolute Gasteiger partial charge is 0.371 e. The first-order valence-electron chi connectivity index (χ1n) is 11.5. The smallest absolute Gasteiger partial charge is 0.224 e. The molecule has 5 nitrogen and oxygen atoms in total. The molecule has 2 amide bonds. The van der Waals surface area contributed by atoms with Crippen LogP contribution in [0.5, 0.6) is 0 Å². The maximum atomic E-state index is 12.7. The summed E-state index contributed by atoms with van der Waals surface area (Å²) in [6.45, 7) is 11.2. The number of anilines is 1. The summed E-state index contributed by atoms with van der Waals surface area (Å²) in [5.74, 6) is 0.905. The summed E-state index contributed by atoms with van der Waals surface area (Å²) < 4.78 is 0. The molecule has 0 spiro atoms. The maximum Gasteiger partial charge on any atom is 0.224 e. The Bertz CT molecular complexity index is 982. The number of amides is 2. The number of hydrogen-bond donors (Lipinski definition) is 1. The number of benzene rings is 2.